The quantitative estimate of drug-likeness (QED) is 0.612. The van der Waals surface area contributed by atoms with Crippen molar-refractivity contribution in [3.8, 4) is 0 Å². The van der Waals surface area contributed by atoms with Crippen LogP contribution in [0.4, 0.5) is 0 Å². The molecule has 0 radical (unpaired) electrons. The van der Waals surface area contributed by atoms with Gasteiger partial charge in [0.05, 0.1) is 23.4 Å². The lowest BCUT2D eigenvalue weighted by Gasteiger charge is -2.23. The van der Waals surface area contributed by atoms with Crippen LogP contribution >= 0.6 is 11.3 Å². The standard InChI is InChI=1S/C14H14N4O3S/c19-12-13(20)18-10-3-1-2-4-11(10)22-14(18)15-17(12)9-16-5-7-21-8-6-16/h1-4H,5-9H2/p+1. The van der Waals surface area contributed by atoms with Crippen molar-refractivity contribution < 1.29 is 9.64 Å². The fourth-order valence-corrected chi connectivity index (χ4v) is 3.75. The molecule has 0 saturated carbocycles. The molecule has 1 saturated heterocycles. The highest BCUT2D eigenvalue weighted by Crippen LogP contribution is 2.22. The van der Waals surface area contributed by atoms with Crippen molar-refractivity contribution >= 4 is 26.5 Å². The van der Waals surface area contributed by atoms with Crippen LogP contribution in [-0.2, 0) is 11.4 Å². The highest BCUT2D eigenvalue weighted by Gasteiger charge is 2.18. The predicted molar refractivity (Wildman–Crippen MR) is 82.6 cm³/mol. The number of hydrogen-bond donors (Lipinski definition) is 1. The van der Waals surface area contributed by atoms with E-state index in [2.05, 4.69) is 5.10 Å². The minimum Gasteiger partial charge on any atom is -0.370 e. The third-order valence-corrected chi connectivity index (χ3v) is 4.91. The maximum absolute atomic E-state index is 12.4. The van der Waals surface area contributed by atoms with E-state index in [4.69, 9.17) is 4.74 Å². The van der Waals surface area contributed by atoms with Gasteiger partial charge in [0.15, 0.2) is 6.67 Å². The molecule has 4 rings (SSSR count). The van der Waals surface area contributed by atoms with Gasteiger partial charge in [-0.3, -0.25) is 9.59 Å². The molecule has 3 heterocycles. The lowest BCUT2D eigenvalue weighted by atomic mass is 10.3. The molecule has 1 aliphatic rings. The van der Waals surface area contributed by atoms with Crippen molar-refractivity contribution in [2.75, 3.05) is 26.3 Å². The molecule has 114 valence electrons. The summed E-state index contributed by atoms with van der Waals surface area (Å²) in [6, 6.07) is 7.52. The SMILES string of the molecule is O=c1c(=O)n2c(nn1C[NH+]1CCOCC1)sc1ccccc12. The Labute approximate surface area is 129 Å². The van der Waals surface area contributed by atoms with Gasteiger partial charge in [0.1, 0.15) is 13.1 Å². The first-order valence-electron chi connectivity index (χ1n) is 7.17. The van der Waals surface area contributed by atoms with Crippen LogP contribution in [0, 0.1) is 0 Å². The number of quaternary nitrogens is 1. The largest absolute Gasteiger partial charge is 0.370 e. The molecule has 7 nitrogen and oxygen atoms in total. The van der Waals surface area contributed by atoms with Crippen molar-refractivity contribution in [2.45, 2.75) is 6.67 Å². The zero-order valence-corrected chi connectivity index (χ0v) is 12.6. The first-order valence-corrected chi connectivity index (χ1v) is 7.98. The summed E-state index contributed by atoms with van der Waals surface area (Å²) in [5.41, 5.74) is -0.363. The molecule has 0 aliphatic carbocycles. The number of nitrogens with one attached hydrogen (secondary N) is 1. The van der Waals surface area contributed by atoms with Crippen molar-refractivity contribution in [3.63, 3.8) is 0 Å². The van der Waals surface area contributed by atoms with Crippen molar-refractivity contribution in [2.24, 2.45) is 0 Å². The first-order chi connectivity index (χ1) is 10.7. The van der Waals surface area contributed by atoms with Gasteiger partial charge in [-0.1, -0.05) is 23.5 Å². The number of hydrogen-bond acceptors (Lipinski definition) is 5. The normalized spacial score (nSPS) is 16.5. The third kappa shape index (κ3) is 2.16. The van der Waals surface area contributed by atoms with E-state index in [-0.39, 0.29) is 0 Å². The Hall–Kier alpha value is -2.03. The fraction of sp³-hybridized carbons (Fsp3) is 0.357. The lowest BCUT2D eigenvalue weighted by Crippen LogP contribution is -3.13. The fourth-order valence-electron chi connectivity index (χ4n) is 2.73. The van der Waals surface area contributed by atoms with Crippen LogP contribution in [0.2, 0.25) is 0 Å². The Bertz CT molecular complexity index is 952. The molecule has 2 aromatic heterocycles. The van der Waals surface area contributed by atoms with E-state index in [1.165, 1.54) is 25.3 Å². The molecule has 1 aromatic carbocycles. The van der Waals surface area contributed by atoms with E-state index in [9.17, 15) is 9.59 Å². The summed E-state index contributed by atoms with van der Waals surface area (Å²) in [5.74, 6) is 0. The van der Waals surface area contributed by atoms with E-state index >= 15 is 0 Å². The summed E-state index contributed by atoms with van der Waals surface area (Å²) in [6.07, 6.45) is 0. The smallest absolute Gasteiger partial charge is 0.337 e. The van der Waals surface area contributed by atoms with Crippen LogP contribution in [0.3, 0.4) is 0 Å². The molecule has 1 aliphatic heterocycles. The third-order valence-electron chi connectivity index (χ3n) is 3.90. The van der Waals surface area contributed by atoms with Crippen molar-refractivity contribution in [1.29, 1.82) is 0 Å². The average Bonchev–Trinajstić information content (AvgIpc) is 2.91. The van der Waals surface area contributed by atoms with Crippen LogP contribution in [0.15, 0.2) is 33.9 Å². The van der Waals surface area contributed by atoms with Gasteiger partial charge in [0.25, 0.3) is 0 Å². The highest BCUT2D eigenvalue weighted by atomic mass is 32.1. The minimum atomic E-state index is -0.569. The van der Waals surface area contributed by atoms with Crippen LogP contribution in [0.25, 0.3) is 15.2 Å². The van der Waals surface area contributed by atoms with E-state index < -0.39 is 11.1 Å². The van der Waals surface area contributed by atoms with E-state index in [1.54, 1.807) is 0 Å². The summed E-state index contributed by atoms with van der Waals surface area (Å²) in [6.45, 7) is 3.39. The van der Waals surface area contributed by atoms with E-state index in [0.29, 0.717) is 24.8 Å². The van der Waals surface area contributed by atoms with Crippen LogP contribution in [0.1, 0.15) is 0 Å². The second-order valence-electron chi connectivity index (χ2n) is 5.32. The summed E-state index contributed by atoms with van der Waals surface area (Å²) < 4.78 is 8.97. The predicted octanol–water partition coefficient (Wildman–Crippen LogP) is -1.06. The Kier molecular flexibility index (Phi) is 3.29. The van der Waals surface area contributed by atoms with Crippen LogP contribution in [-0.4, -0.2) is 40.5 Å². The first kappa shape index (κ1) is 13.6. The molecule has 0 atom stereocenters. The van der Waals surface area contributed by atoms with Gasteiger partial charge in [0.2, 0.25) is 4.96 Å². The molecule has 3 aromatic rings. The van der Waals surface area contributed by atoms with Crippen LogP contribution < -0.4 is 16.0 Å². The molecule has 0 amide bonds. The summed E-state index contributed by atoms with van der Waals surface area (Å²) in [7, 11) is 0. The van der Waals surface area contributed by atoms with Gasteiger partial charge in [-0.05, 0) is 12.1 Å². The van der Waals surface area contributed by atoms with Gasteiger partial charge in [0, 0.05) is 0 Å². The van der Waals surface area contributed by atoms with Gasteiger partial charge >= 0.3 is 11.1 Å². The molecule has 0 unspecified atom stereocenters. The number of thiazole rings is 1. The number of benzene rings is 1. The molecular formula is C14H15N4O3S+. The number of fused-ring (bicyclic) bond motifs is 3. The number of para-hydroxylation sites is 1. The van der Waals surface area contributed by atoms with Gasteiger partial charge < -0.3 is 9.64 Å². The van der Waals surface area contributed by atoms with Gasteiger partial charge in [-0.2, -0.15) is 4.68 Å². The number of nitrogens with zero attached hydrogens (tertiary/aromatic N) is 3. The van der Waals surface area contributed by atoms with Gasteiger partial charge in [-0.15, -0.1) is 5.10 Å². The van der Waals surface area contributed by atoms with Gasteiger partial charge in [-0.25, -0.2) is 4.40 Å². The van der Waals surface area contributed by atoms with Crippen molar-refractivity contribution in [1.82, 2.24) is 14.2 Å². The molecule has 22 heavy (non-hydrogen) atoms. The van der Waals surface area contributed by atoms with Crippen molar-refractivity contribution in [3.05, 3.63) is 45.0 Å². The highest BCUT2D eigenvalue weighted by molar-refractivity contribution is 7.23. The van der Waals surface area contributed by atoms with E-state index in [0.717, 1.165) is 23.3 Å². The average molecular weight is 319 g/mol. The molecule has 0 bridgehead atoms. The van der Waals surface area contributed by atoms with E-state index in [1.807, 2.05) is 24.3 Å². The minimum absolute atomic E-state index is 0.405. The lowest BCUT2D eigenvalue weighted by molar-refractivity contribution is -0.931. The number of morpholine rings is 1. The second kappa shape index (κ2) is 5.31. The monoisotopic (exact) mass is 319 g/mol. The summed E-state index contributed by atoms with van der Waals surface area (Å²) >= 11 is 1.42. The molecule has 0 spiro atoms. The molecule has 1 N–H and O–H groups in total. The molecule has 1 fully saturated rings. The topological polar surface area (TPSA) is 70.0 Å². The zero-order valence-electron chi connectivity index (χ0n) is 11.8. The zero-order chi connectivity index (χ0) is 15.1. The Morgan fingerprint density at radius 1 is 1.18 bits per heavy atom. The van der Waals surface area contributed by atoms with Crippen LogP contribution in [0.5, 0.6) is 0 Å². The Morgan fingerprint density at radius 2 is 1.95 bits per heavy atom. The summed E-state index contributed by atoms with van der Waals surface area (Å²) in [4.78, 5) is 26.5. The molecule has 8 heteroatoms. The Balaban J connectivity index is 1.86. The number of ether oxygens (including phenoxy) is 1. The number of rotatable bonds is 2. The number of aromatic nitrogens is 3. The second-order valence-corrected chi connectivity index (χ2v) is 6.33. The Morgan fingerprint density at radius 3 is 2.77 bits per heavy atom. The molecular weight excluding hydrogens is 304 g/mol. The maximum Gasteiger partial charge on any atom is 0.337 e. The maximum atomic E-state index is 12.4. The summed E-state index contributed by atoms with van der Waals surface area (Å²) in [5, 5.41) is 4.39.